The number of esters is 1. The Bertz CT molecular complexity index is 519. The summed E-state index contributed by atoms with van der Waals surface area (Å²) in [5.74, 6) is -0.502. The molecule has 2 rings (SSSR count). The van der Waals surface area contributed by atoms with Crippen molar-refractivity contribution in [1.82, 2.24) is 9.88 Å². The van der Waals surface area contributed by atoms with E-state index in [1.807, 2.05) is 27.7 Å². The lowest BCUT2D eigenvalue weighted by Gasteiger charge is -2.27. The summed E-state index contributed by atoms with van der Waals surface area (Å²) < 4.78 is 5.39. The molecule has 0 aliphatic carbocycles. The summed E-state index contributed by atoms with van der Waals surface area (Å²) in [6.07, 6.45) is 1.47. The van der Waals surface area contributed by atoms with E-state index in [9.17, 15) is 9.59 Å². The zero-order valence-electron chi connectivity index (χ0n) is 12.3. The Kier molecular flexibility index (Phi) is 4.13. The molecule has 1 aliphatic rings. The number of thiazole rings is 1. The fourth-order valence-electron chi connectivity index (χ4n) is 2.23. The van der Waals surface area contributed by atoms with Gasteiger partial charge in [0.25, 0.3) is 5.91 Å². The van der Waals surface area contributed by atoms with Gasteiger partial charge in [-0.1, -0.05) is 0 Å². The summed E-state index contributed by atoms with van der Waals surface area (Å²) in [7, 11) is 0. The molecule has 1 aliphatic heterocycles. The number of aryl methyl sites for hydroxylation is 1. The van der Waals surface area contributed by atoms with Gasteiger partial charge in [-0.25, -0.2) is 9.78 Å². The van der Waals surface area contributed by atoms with E-state index in [0.29, 0.717) is 18.7 Å². The quantitative estimate of drug-likeness (QED) is 0.786. The zero-order valence-corrected chi connectivity index (χ0v) is 13.1. The number of ether oxygens (including phenoxy) is 1. The smallest absolute Gasteiger partial charge is 0.329 e. The lowest BCUT2D eigenvalue weighted by atomic mass is 10.1. The third-order valence-electron chi connectivity index (χ3n) is 3.03. The number of nitrogens with zero attached hydrogens (tertiary/aromatic N) is 2. The largest absolute Gasteiger partial charge is 0.458 e. The summed E-state index contributed by atoms with van der Waals surface area (Å²) in [5, 5.41) is 2.59. The van der Waals surface area contributed by atoms with E-state index in [0.717, 1.165) is 11.4 Å². The lowest BCUT2D eigenvalue weighted by Crippen LogP contribution is -2.43. The van der Waals surface area contributed by atoms with E-state index >= 15 is 0 Å². The maximum absolute atomic E-state index is 12.4. The second-order valence-corrected chi connectivity index (χ2v) is 7.00. The third kappa shape index (κ3) is 3.36. The standard InChI is InChI=1S/C14H20N2O3S/c1-9-15-10(8-20-9)12(17)16-7-5-6-11(16)13(18)19-14(2,3)4/h8,11H,5-7H2,1-4H3/t11-/m0/s1. The molecular formula is C14H20N2O3S. The van der Waals surface area contributed by atoms with E-state index in [2.05, 4.69) is 4.98 Å². The summed E-state index contributed by atoms with van der Waals surface area (Å²) in [6.45, 7) is 7.93. The van der Waals surface area contributed by atoms with Crippen LogP contribution in [0.4, 0.5) is 0 Å². The van der Waals surface area contributed by atoms with Crippen LogP contribution in [0, 0.1) is 6.92 Å². The van der Waals surface area contributed by atoms with Gasteiger partial charge >= 0.3 is 5.97 Å². The molecule has 0 unspecified atom stereocenters. The van der Waals surface area contributed by atoms with Crippen LogP contribution in [-0.4, -0.2) is 39.9 Å². The van der Waals surface area contributed by atoms with Crippen LogP contribution in [0.25, 0.3) is 0 Å². The molecule has 0 aromatic carbocycles. The molecule has 0 N–H and O–H groups in total. The van der Waals surface area contributed by atoms with Crippen LogP contribution in [0.2, 0.25) is 0 Å². The van der Waals surface area contributed by atoms with Crippen molar-refractivity contribution in [2.45, 2.75) is 52.2 Å². The highest BCUT2D eigenvalue weighted by molar-refractivity contribution is 7.09. The molecule has 5 nitrogen and oxygen atoms in total. The molecule has 20 heavy (non-hydrogen) atoms. The topological polar surface area (TPSA) is 59.5 Å². The highest BCUT2D eigenvalue weighted by atomic mass is 32.1. The molecule has 0 saturated carbocycles. The van der Waals surface area contributed by atoms with Gasteiger partial charge < -0.3 is 9.64 Å². The average molecular weight is 296 g/mol. The van der Waals surface area contributed by atoms with Crippen LogP contribution >= 0.6 is 11.3 Å². The number of carbonyl (C=O) groups is 2. The predicted molar refractivity (Wildman–Crippen MR) is 76.8 cm³/mol. The summed E-state index contributed by atoms with van der Waals surface area (Å²) >= 11 is 1.44. The van der Waals surface area contributed by atoms with Gasteiger partial charge in [0, 0.05) is 11.9 Å². The molecule has 1 fully saturated rings. The van der Waals surface area contributed by atoms with E-state index < -0.39 is 11.6 Å². The fraction of sp³-hybridized carbons (Fsp3) is 0.643. The van der Waals surface area contributed by atoms with Gasteiger partial charge in [0.1, 0.15) is 17.3 Å². The second kappa shape index (κ2) is 5.52. The summed E-state index contributed by atoms with van der Waals surface area (Å²) in [5.41, 5.74) is -0.117. The van der Waals surface area contributed by atoms with Gasteiger partial charge in [-0.2, -0.15) is 0 Å². The number of hydrogen-bond donors (Lipinski definition) is 0. The van der Waals surface area contributed by atoms with Crippen molar-refractivity contribution in [3.05, 3.63) is 16.1 Å². The highest BCUT2D eigenvalue weighted by Crippen LogP contribution is 2.23. The number of rotatable bonds is 2. The van der Waals surface area contributed by atoms with Crippen molar-refractivity contribution < 1.29 is 14.3 Å². The molecule has 1 atom stereocenters. The number of carbonyl (C=O) groups excluding carboxylic acids is 2. The van der Waals surface area contributed by atoms with Gasteiger partial charge in [0.05, 0.1) is 5.01 Å². The monoisotopic (exact) mass is 296 g/mol. The second-order valence-electron chi connectivity index (χ2n) is 5.94. The van der Waals surface area contributed by atoms with Crippen LogP contribution in [0.15, 0.2) is 5.38 Å². The van der Waals surface area contributed by atoms with Crippen LogP contribution in [0.5, 0.6) is 0 Å². The molecular weight excluding hydrogens is 276 g/mol. The molecule has 0 radical (unpaired) electrons. The molecule has 0 bridgehead atoms. The van der Waals surface area contributed by atoms with Gasteiger partial charge in [-0.3, -0.25) is 4.79 Å². The highest BCUT2D eigenvalue weighted by Gasteiger charge is 2.37. The van der Waals surface area contributed by atoms with Crippen molar-refractivity contribution in [2.24, 2.45) is 0 Å². The molecule has 1 amide bonds. The van der Waals surface area contributed by atoms with Crippen molar-refractivity contribution in [3.8, 4) is 0 Å². The zero-order chi connectivity index (χ0) is 14.9. The molecule has 1 saturated heterocycles. The Labute approximate surface area is 122 Å². The maximum Gasteiger partial charge on any atom is 0.329 e. The molecule has 0 spiro atoms. The van der Waals surface area contributed by atoms with Crippen LogP contribution < -0.4 is 0 Å². The third-order valence-corrected chi connectivity index (χ3v) is 3.80. The normalized spacial score (nSPS) is 19.2. The van der Waals surface area contributed by atoms with Crippen LogP contribution in [0.1, 0.15) is 49.1 Å². The first-order valence-electron chi connectivity index (χ1n) is 6.74. The molecule has 1 aromatic rings. The predicted octanol–water partition coefficient (Wildman–Crippen LogP) is 2.40. The Balaban J connectivity index is 2.11. The number of hydrogen-bond acceptors (Lipinski definition) is 5. The van der Waals surface area contributed by atoms with E-state index in [1.54, 1.807) is 10.3 Å². The minimum Gasteiger partial charge on any atom is -0.458 e. The molecule has 2 heterocycles. The number of likely N-dealkylation sites (tertiary alicyclic amines) is 1. The van der Waals surface area contributed by atoms with E-state index in [-0.39, 0.29) is 11.9 Å². The van der Waals surface area contributed by atoms with Gasteiger partial charge in [0.15, 0.2) is 0 Å². The molecule has 1 aromatic heterocycles. The number of amides is 1. The summed E-state index contributed by atoms with van der Waals surface area (Å²) in [4.78, 5) is 30.4. The Morgan fingerprint density at radius 3 is 2.70 bits per heavy atom. The Morgan fingerprint density at radius 1 is 1.45 bits per heavy atom. The van der Waals surface area contributed by atoms with Gasteiger partial charge in [-0.05, 0) is 40.5 Å². The molecule has 6 heteroatoms. The first-order valence-corrected chi connectivity index (χ1v) is 7.62. The first kappa shape index (κ1) is 15.0. The van der Waals surface area contributed by atoms with Gasteiger partial charge in [-0.15, -0.1) is 11.3 Å². The Morgan fingerprint density at radius 2 is 2.15 bits per heavy atom. The van der Waals surface area contributed by atoms with Crippen molar-refractivity contribution in [3.63, 3.8) is 0 Å². The summed E-state index contributed by atoms with van der Waals surface area (Å²) in [6, 6.07) is -0.483. The van der Waals surface area contributed by atoms with E-state index in [1.165, 1.54) is 11.3 Å². The SMILES string of the molecule is Cc1nc(C(=O)N2CCC[C@H]2C(=O)OC(C)(C)C)cs1. The van der Waals surface area contributed by atoms with Crippen LogP contribution in [-0.2, 0) is 9.53 Å². The minimum absolute atomic E-state index is 0.178. The van der Waals surface area contributed by atoms with E-state index in [4.69, 9.17) is 4.74 Å². The maximum atomic E-state index is 12.4. The van der Waals surface area contributed by atoms with Crippen LogP contribution in [0.3, 0.4) is 0 Å². The molecule has 110 valence electrons. The fourth-order valence-corrected chi connectivity index (χ4v) is 2.82. The van der Waals surface area contributed by atoms with Crippen molar-refractivity contribution in [1.29, 1.82) is 0 Å². The van der Waals surface area contributed by atoms with Crippen molar-refractivity contribution >= 4 is 23.2 Å². The minimum atomic E-state index is -0.536. The van der Waals surface area contributed by atoms with Crippen molar-refractivity contribution in [2.75, 3.05) is 6.54 Å². The first-order chi connectivity index (χ1) is 9.28. The lowest BCUT2D eigenvalue weighted by molar-refractivity contribution is -0.159. The average Bonchev–Trinajstić information content (AvgIpc) is 2.93. The Hall–Kier alpha value is -1.43. The number of aromatic nitrogens is 1. The van der Waals surface area contributed by atoms with Gasteiger partial charge in [0.2, 0.25) is 0 Å².